The minimum absolute atomic E-state index is 0.0945. The number of aliphatic hydroxyl groups is 1. The number of benzene rings is 2. The van der Waals surface area contributed by atoms with Gasteiger partial charge in [-0.15, -0.1) is 11.3 Å². The number of aliphatic hydroxyl groups excluding tert-OH is 1. The van der Waals surface area contributed by atoms with Crippen molar-refractivity contribution >= 4 is 44.6 Å². The number of carbonyl (C=O) groups excluding carboxylic acids is 1. The van der Waals surface area contributed by atoms with Crippen LogP contribution in [0.2, 0.25) is 0 Å². The van der Waals surface area contributed by atoms with Crippen molar-refractivity contribution in [1.82, 2.24) is 10.3 Å². The molecule has 8 heteroatoms. The average molecular weight is 445 g/mol. The first-order chi connectivity index (χ1) is 15.5. The first-order valence-electron chi connectivity index (χ1n) is 10.1. The fourth-order valence-electron chi connectivity index (χ4n) is 3.67. The zero-order valence-electron chi connectivity index (χ0n) is 17.3. The van der Waals surface area contributed by atoms with Gasteiger partial charge in [0.1, 0.15) is 28.1 Å². The molecule has 32 heavy (non-hydrogen) atoms. The van der Waals surface area contributed by atoms with Gasteiger partial charge in [0.15, 0.2) is 0 Å². The van der Waals surface area contributed by atoms with Crippen LogP contribution in [-0.4, -0.2) is 28.4 Å². The smallest absolute Gasteiger partial charge is 0.251 e. The number of furan rings is 1. The average Bonchev–Trinajstić information content (AvgIpc) is 3.48. The fraction of sp³-hybridized carbons (Fsp3) is 0.125. The number of aryl methyl sites for hydroxylation is 1. The van der Waals surface area contributed by atoms with Crippen LogP contribution < -0.4 is 10.2 Å². The van der Waals surface area contributed by atoms with Crippen LogP contribution in [0.4, 0.5) is 5.69 Å². The molecule has 0 aliphatic carbocycles. The van der Waals surface area contributed by atoms with Crippen LogP contribution in [0, 0.1) is 12.3 Å². The van der Waals surface area contributed by atoms with Crippen molar-refractivity contribution in [2.45, 2.75) is 13.5 Å². The van der Waals surface area contributed by atoms with Crippen LogP contribution in [0.3, 0.4) is 0 Å². The van der Waals surface area contributed by atoms with Crippen molar-refractivity contribution in [3.63, 3.8) is 0 Å². The van der Waals surface area contributed by atoms with Gasteiger partial charge in [0, 0.05) is 11.3 Å². The Balaban J connectivity index is 1.35. The molecule has 0 atom stereocenters. The summed E-state index contributed by atoms with van der Waals surface area (Å²) in [6.07, 6.45) is 0. The van der Waals surface area contributed by atoms with Crippen molar-refractivity contribution in [3.8, 4) is 0 Å². The van der Waals surface area contributed by atoms with E-state index < -0.39 is 0 Å². The van der Waals surface area contributed by atoms with Crippen LogP contribution in [0.5, 0.6) is 0 Å². The van der Waals surface area contributed by atoms with E-state index in [0.717, 1.165) is 16.0 Å². The summed E-state index contributed by atoms with van der Waals surface area (Å²) < 4.78 is 6.49. The number of anilines is 1. The number of para-hydroxylation sites is 1. The molecule has 5 rings (SSSR count). The zero-order valence-corrected chi connectivity index (χ0v) is 18.1. The summed E-state index contributed by atoms with van der Waals surface area (Å²) in [5.74, 6) is 1.49. The van der Waals surface area contributed by atoms with E-state index >= 15 is 0 Å². The first-order valence-corrected chi connectivity index (χ1v) is 10.9. The molecule has 4 aromatic rings. The number of amidine groups is 1. The normalized spacial score (nSPS) is 13.9. The Labute approximate surface area is 188 Å². The predicted molar refractivity (Wildman–Crippen MR) is 125 cm³/mol. The third kappa shape index (κ3) is 3.65. The molecule has 160 valence electrons. The van der Waals surface area contributed by atoms with Gasteiger partial charge in [-0.05, 0) is 49.4 Å². The lowest BCUT2D eigenvalue weighted by Crippen LogP contribution is -2.27. The topological polar surface area (TPSA) is 102 Å². The highest BCUT2D eigenvalue weighted by Crippen LogP contribution is 2.35. The van der Waals surface area contributed by atoms with E-state index in [1.54, 1.807) is 23.1 Å². The molecule has 2 aromatic carbocycles. The second-order valence-corrected chi connectivity index (χ2v) is 8.52. The second-order valence-electron chi connectivity index (χ2n) is 7.49. The molecule has 3 N–H and O–H groups in total. The number of rotatable bonds is 5. The molecule has 1 amide bonds. The lowest BCUT2D eigenvalue weighted by atomic mass is 10.1. The molecule has 7 nitrogen and oxygen atoms in total. The number of hydrogen-bond acceptors (Lipinski definition) is 6. The number of nitrogens with zero attached hydrogens (tertiary/aromatic N) is 2. The number of carbonyl (C=O) groups is 1. The summed E-state index contributed by atoms with van der Waals surface area (Å²) in [6.45, 7) is 2.30. The lowest BCUT2D eigenvalue weighted by molar-refractivity contribution is 0.0948. The summed E-state index contributed by atoms with van der Waals surface area (Å²) in [5.41, 5.74) is 2.38. The number of amides is 1. The highest BCUT2D eigenvalue weighted by molar-refractivity contribution is 7.19. The molecule has 2 aromatic heterocycles. The molecule has 0 saturated carbocycles. The fourth-order valence-corrected chi connectivity index (χ4v) is 4.70. The number of nitrogens with one attached hydrogen (secondary N) is 2. The molecular weight excluding hydrogens is 424 g/mol. The lowest BCUT2D eigenvalue weighted by Gasteiger charge is -2.19. The minimum atomic E-state index is -0.241. The Bertz CT molecular complexity index is 1350. The molecule has 1 aliphatic heterocycles. The number of aromatic nitrogens is 1. The van der Waals surface area contributed by atoms with Crippen LogP contribution >= 0.6 is 11.3 Å². The van der Waals surface area contributed by atoms with Crippen molar-refractivity contribution in [3.05, 3.63) is 88.5 Å². The summed E-state index contributed by atoms with van der Waals surface area (Å²) in [4.78, 5) is 18.9. The van der Waals surface area contributed by atoms with E-state index in [4.69, 9.17) is 9.83 Å². The van der Waals surface area contributed by atoms with Gasteiger partial charge in [-0.1, -0.05) is 18.2 Å². The molecule has 0 saturated heterocycles. The first kappa shape index (κ1) is 20.0. The molecule has 0 bridgehead atoms. The van der Waals surface area contributed by atoms with E-state index in [1.807, 2.05) is 49.4 Å². The quantitative estimate of drug-likeness (QED) is 0.407. The maximum Gasteiger partial charge on any atom is 0.251 e. The SMILES string of the molecule is Cc1ccc(CNC(=O)c2cccc(N3CC(O)=C(c4nc5ccccc5s4)C3=N)c2)o1. The molecule has 0 radical (unpaired) electrons. The second kappa shape index (κ2) is 7.97. The Morgan fingerprint density at radius 2 is 2.06 bits per heavy atom. The minimum Gasteiger partial charge on any atom is -0.510 e. The van der Waals surface area contributed by atoms with Gasteiger partial charge in [-0.25, -0.2) is 4.98 Å². The number of fused-ring (bicyclic) bond motifs is 1. The third-order valence-electron chi connectivity index (χ3n) is 5.25. The van der Waals surface area contributed by atoms with Gasteiger partial charge in [0.05, 0.1) is 28.9 Å². The Kier molecular flexibility index (Phi) is 4.99. The Morgan fingerprint density at radius 1 is 1.22 bits per heavy atom. The molecule has 0 spiro atoms. The van der Waals surface area contributed by atoms with Gasteiger partial charge in [0.25, 0.3) is 5.91 Å². The van der Waals surface area contributed by atoms with Crippen molar-refractivity contribution in [1.29, 1.82) is 5.41 Å². The summed E-state index contributed by atoms with van der Waals surface area (Å²) in [7, 11) is 0. The maximum absolute atomic E-state index is 12.6. The van der Waals surface area contributed by atoms with Crippen molar-refractivity contribution < 1.29 is 14.3 Å². The Hall–Kier alpha value is -3.91. The molecule has 0 unspecified atom stereocenters. The van der Waals surface area contributed by atoms with E-state index in [1.165, 1.54) is 11.3 Å². The largest absolute Gasteiger partial charge is 0.510 e. The highest BCUT2D eigenvalue weighted by Gasteiger charge is 2.31. The zero-order chi connectivity index (χ0) is 22.2. The predicted octanol–water partition coefficient (Wildman–Crippen LogP) is 4.89. The highest BCUT2D eigenvalue weighted by atomic mass is 32.1. The molecule has 0 fully saturated rings. The van der Waals surface area contributed by atoms with E-state index in [0.29, 0.717) is 34.1 Å². The van der Waals surface area contributed by atoms with Crippen LogP contribution in [0.1, 0.15) is 26.9 Å². The van der Waals surface area contributed by atoms with Crippen LogP contribution in [-0.2, 0) is 6.54 Å². The van der Waals surface area contributed by atoms with E-state index in [2.05, 4.69) is 10.3 Å². The monoisotopic (exact) mass is 444 g/mol. The van der Waals surface area contributed by atoms with Crippen LogP contribution in [0.25, 0.3) is 15.8 Å². The van der Waals surface area contributed by atoms with E-state index in [-0.39, 0.29) is 24.0 Å². The van der Waals surface area contributed by atoms with Crippen molar-refractivity contribution in [2.75, 3.05) is 11.4 Å². The summed E-state index contributed by atoms with van der Waals surface area (Å²) in [6, 6.07) is 18.4. The summed E-state index contributed by atoms with van der Waals surface area (Å²) >= 11 is 1.44. The third-order valence-corrected chi connectivity index (χ3v) is 6.30. The molecule has 1 aliphatic rings. The van der Waals surface area contributed by atoms with Gasteiger partial charge in [-0.3, -0.25) is 10.2 Å². The number of hydrogen-bond donors (Lipinski definition) is 3. The number of thiazole rings is 1. The van der Waals surface area contributed by atoms with Gasteiger partial charge >= 0.3 is 0 Å². The molecule has 3 heterocycles. The summed E-state index contributed by atoms with van der Waals surface area (Å²) in [5, 5.41) is 22.8. The maximum atomic E-state index is 12.6. The van der Waals surface area contributed by atoms with Gasteiger partial charge in [-0.2, -0.15) is 0 Å². The van der Waals surface area contributed by atoms with Crippen LogP contribution in [0.15, 0.2) is 70.8 Å². The van der Waals surface area contributed by atoms with Crippen molar-refractivity contribution in [2.24, 2.45) is 0 Å². The standard InChI is InChI=1S/C24H20N4O3S/c1-14-9-10-17(31-14)12-26-23(30)15-5-4-6-16(11-15)28-13-19(29)21(22(28)25)24-27-18-7-2-3-8-20(18)32-24/h2-11,25,29H,12-13H2,1H3,(H,26,30). The van der Waals surface area contributed by atoms with Gasteiger partial charge < -0.3 is 19.7 Å². The van der Waals surface area contributed by atoms with Gasteiger partial charge in [0.2, 0.25) is 0 Å². The molecular formula is C24H20N4O3S. The Morgan fingerprint density at radius 3 is 2.84 bits per heavy atom. The van der Waals surface area contributed by atoms with E-state index in [9.17, 15) is 9.90 Å².